The van der Waals surface area contributed by atoms with Gasteiger partial charge in [0, 0.05) is 15.8 Å². The summed E-state index contributed by atoms with van der Waals surface area (Å²) in [6.45, 7) is 2.23. The van der Waals surface area contributed by atoms with E-state index in [1.807, 2.05) is 11.3 Å². The third-order valence-electron chi connectivity index (χ3n) is 2.98. The highest BCUT2D eigenvalue weighted by molar-refractivity contribution is 7.12. The summed E-state index contributed by atoms with van der Waals surface area (Å²) in [6.07, 6.45) is 3.85. The fourth-order valence-corrected chi connectivity index (χ4v) is 2.97. The summed E-state index contributed by atoms with van der Waals surface area (Å²) < 4.78 is 0. The van der Waals surface area contributed by atoms with Gasteiger partial charge in [0.1, 0.15) is 0 Å². The Balaban J connectivity index is 1.95. The molecular weight excluding hydrogens is 178 g/mol. The summed E-state index contributed by atoms with van der Waals surface area (Å²) in [5, 5.41) is 3.33. The Labute approximate surface area is 84.2 Å². The largest absolute Gasteiger partial charge is 0.317 e. The van der Waals surface area contributed by atoms with Crippen molar-refractivity contribution in [3.63, 3.8) is 0 Å². The van der Waals surface area contributed by atoms with Crippen LogP contribution in [-0.2, 0) is 6.42 Å². The molecule has 1 aliphatic carbocycles. The van der Waals surface area contributed by atoms with Crippen molar-refractivity contribution in [2.24, 2.45) is 0 Å². The number of thiophene rings is 1. The zero-order valence-corrected chi connectivity index (χ0v) is 9.16. The zero-order valence-electron chi connectivity index (χ0n) is 8.34. The second-order valence-electron chi connectivity index (χ2n) is 3.81. The Bertz CT molecular complexity index is 273. The molecule has 1 aromatic heterocycles. The molecule has 0 atom stereocenters. The molecule has 0 radical (unpaired) electrons. The van der Waals surface area contributed by atoms with Gasteiger partial charge in [-0.25, -0.2) is 0 Å². The molecule has 0 saturated heterocycles. The Hall–Kier alpha value is -0.340. The number of rotatable bonds is 3. The zero-order chi connectivity index (χ0) is 9.26. The van der Waals surface area contributed by atoms with Crippen LogP contribution in [0.4, 0.5) is 0 Å². The molecule has 2 heteroatoms. The third-order valence-corrected chi connectivity index (χ3v) is 4.37. The van der Waals surface area contributed by atoms with E-state index in [4.69, 9.17) is 0 Å². The van der Waals surface area contributed by atoms with Gasteiger partial charge in [-0.05, 0) is 44.4 Å². The van der Waals surface area contributed by atoms with Gasteiger partial charge >= 0.3 is 0 Å². The summed E-state index contributed by atoms with van der Waals surface area (Å²) in [6, 6.07) is 5.38. The van der Waals surface area contributed by atoms with E-state index in [1.165, 1.54) is 24.1 Å². The molecule has 1 fully saturated rings. The second-order valence-corrected chi connectivity index (χ2v) is 5.01. The molecule has 72 valence electrons. The first kappa shape index (κ1) is 9.22. The van der Waals surface area contributed by atoms with Gasteiger partial charge in [0.2, 0.25) is 0 Å². The SMILES string of the molecule is CCc1ccc(C2CC(NC)C2)s1. The first-order valence-electron chi connectivity index (χ1n) is 5.09. The van der Waals surface area contributed by atoms with Crippen LogP contribution in [0.5, 0.6) is 0 Å². The highest BCUT2D eigenvalue weighted by Crippen LogP contribution is 2.39. The Kier molecular flexibility index (Phi) is 2.70. The van der Waals surface area contributed by atoms with Crippen LogP contribution < -0.4 is 5.32 Å². The van der Waals surface area contributed by atoms with Crippen molar-refractivity contribution < 1.29 is 0 Å². The maximum Gasteiger partial charge on any atom is 0.00803 e. The molecule has 0 bridgehead atoms. The molecule has 0 aromatic carbocycles. The molecule has 2 rings (SSSR count). The summed E-state index contributed by atoms with van der Waals surface area (Å²) in [4.78, 5) is 3.13. The van der Waals surface area contributed by atoms with E-state index in [1.54, 1.807) is 4.88 Å². The van der Waals surface area contributed by atoms with Crippen LogP contribution in [0.15, 0.2) is 12.1 Å². The van der Waals surface area contributed by atoms with Gasteiger partial charge < -0.3 is 5.32 Å². The maximum absolute atomic E-state index is 3.33. The predicted molar refractivity (Wildman–Crippen MR) is 58.5 cm³/mol. The van der Waals surface area contributed by atoms with Gasteiger partial charge in [0.15, 0.2) is 0 Å². The van der Waals surface area contributed by atoms with Crippen LogP contribution >= 0.6 is 11.3 Å². The van der Waals surface area contributed by atoms with Gasteiger partial charge in [0.25, 0.3) is 0 Å². The average molecular weight is 195 g/mol. The molecule has 1 aromatic rings. The smallest absolute Gasteiger partial charge is 0.00803 e. The summed E-state index contributed by atoms with van der Waals surface area (Å²) in [5.41, 5.74) is 0. The van der Waals surface area contributed by atoms with Gasteiger partial charge in [-0.2, -0.15) is 0 Å². The summed E-state index contributed by atoms with van der Waals surface area (Å²) >= 11 is 2.00. The van der Waals surface area contributed by atoms with E-state index in [-0.39, 0.29) is 0 Å². The summed E-state index contributed by atoms with van der Waals surface area (Å²) in [5.74, 6) is 0.850. The Morgan fingerprint density at radius 1 is 1.46 bits per heavy atom. The predicted octanol–water partition coefficient (Wildman–Crippen LogP) is 2.78. The van der Waals surface area contributed by atoms with Crippen molar-refractivity contribution in [2.45, 2.75) is 38.1 Å². The van der Waals surface area contributed by atoms with E-state index in [2.05, 4.69) is 31.4 Å². The van der Waals surface area contributed by atoms with Crippen LogP contribution in [0.2, 0.25) is 0 Å². The lowest BCUT2D eigenvalue weighted by molar-refractivity contribution is 0.311. The topological polar surface area (TPSA) is 12.0 Å². The minimum absolute atomic E-state index is 0.775. The maximum atomic E-state index is 3.33. The summed E-state index contributed by atoms with van der Waals surface area (Å²) in [7, 11) is 2.06. The lowest BCUT2D eigenvalue weighted by Gasteiger charge is -2.34. The van der Waals surface area contributed by atoms with Crippen molar-refractivity contribution >= 4 is 11.3 Å². The monoisotopic (exact) mass is 195 g/mol. The fourth-order valence-electron chi connectivity index (χ4n) is 1.89. The molecule has 0 spiro atoms. The van der Waals surface area contributed by atoms with Crippen LogP contribution in [0.1, 0.15) is 35.4 Å². The van der Waals surface area contributed by atoms with Crippen LogP contribution in [0.25, 0.3) is 0 Å². The van der Waals surface area contributed by atoms with Crippen molar-refractivity contribution in [1.29, 1.82) is 0 Å². The highest BCUT2D eigenvalue weighted by atomic mass is 32.1. The lowest BCUT2D eigenvalue weighted by atomic mass is 9.79. The Morgan fingerprint density at radius 2 is 2.23 bits per heavy atom. The molecular formula is C11H17NS. The minimum atomic E-state index is 0.775. The fraction of sp³-hybridized carbons (Fsp3) is 0.636. The number of hydrogen-bond acceptors (Lipinski definition) is 2. The van der Waals surface area contributed by atoms with Crippen molar-refractivity contribution in [1.82, 2.24) is 5.32 Å². The molecule has 13 heavy (non-hydrogen) atoms. The van der Waals surface area contributed by atoms with Crippen LogP contribution in [0, 0.1) is 0 Å². The molecule has 1 saturated carbocycles. The minimum Gasteiger partial charge on any atom is -0.317 e. The van der Waals surface area contributed by atoms with Crippen LogP contribution in [0.3, 0.4) is 0 Å². The normalized spacial score (nSPS) is 27.2. The van der Waals surface area contributed by atoms with Crippen molar-refractivity contribution in [2.75, 3.05) is 7.05 Å². The van der Waals surface area contributed by atoms with Crippen LogP contribution in [-0.4, -0.2) is 13.1 Å². The number of nitrogens with one attached hydrogen (secondary N) is 1. The quantitative estimate of drug-likeness (QED) is 0.782. The number of hydrogen-bond donors (Lipinski definition) is 1. The lowest BCUT2D eigenvalue weighted by Crippen LogP contribution is -2.37. The molecule has 1 aliphatic rings. The third kappa shape index (κ3) is 1.79. The van der Waals surface area contributed by atoms with Gasteiger partial charge in [-0.15, -0.1) is 11.3 Å². The van der Waals surface area contributed by atoms with E-state index in [9.17, 15) is 0 Å². The molecule has 0 amide bonds. The molecule has 1 nitrogen and oxygen atoms in total. The van der Waals surface area contributed by atoms with E-state index < -0.39 is 0 Å². The number of aryl methyl sites for hydroxylation is 1. The van der Waals surface area contributed by atoms with Crippen molar-refractivity contribution in [3.05, 3.63) is 21.9 Å². The van der Waals surface area contributed by atoms with E-state index in [0.717, 1.165) is 12.0 Å². The molecule has 0 aliphatic heterocycles. The molecule has 1 heterocycles. The standard InChI is InChI=1S/C11H17NS/c1-3-10-4-5-11(13-10)8-6-9(7-8)12-2/h4-5,8-9,12H,3,6-7H2,1-2H3. The van der Waals surface area contributed by atoms with Gasteiger partial charge in [0.05, 0.1) is 0 Å². The second kappa shape index (κ2) is 3.81. The van der Waals surface area contributed by atoms with E-state index >= 15 is 0 Å². The molecule has 0 unspecified atom stereocenters. The van der Waals surface area contributed by atoms with Gasteiger partial charge in [-0.3, -0.25) is 0 Å². The van der Waals surface area contributed by atoms with Crippen molar-refractivity contribution in [3.8, 4) is 0 Å². The highest BCUT2D eigenvalue weighted by Gasteiger charge is 2.29. The van der Waals surface area contributed by atoms with Gasteiger partial charge in [-0.1, -0.05) is 6.92 Å². The molecule has 1 N–H and O–H groups in total. The van der Waals surface area contributed by atoms with E-state index in [0.29, 0.717) is 0 Å². The average Bonchev–Trinajstić information content (AvgIpc) is 2.51. The first-order chi connectivity index (χ1) is 6.33. The Morgan fingerprint density at radius 3 is 2.77 bits per heavy atom. The first-order valence-corrected chi connectivity index (χ1v) is 5.91.